The second-order valence-electron chi connectivity index (χ2n) is 4.00. The molecule has 1 aromatic carbocycles. The number of benzene rings is 1. The van der Waals surface area contributed by atoms with Gasteiger partial charge in [0.15, 0.2) is 0 Å². The van der Waals surface area contributed by atoms with Crippen LogP contribution in [0.3, 0.4) is 0 Å². The van der Waals surface area contributed by atoms with Crippen LogP contribution in [0.2, 0.25) is 0 Å². The fourth-order valence-electron chi connectivity index (χ4n) is 1.66. The number of aromatic nitrogens is 1. The van der Waals surface area contributed by atoms with Crippen molar-refractivity contribution in [2.45, 2.75) is 19.5 Å². The highest BCUT2D eigenvalue weighted by atomic mass is 79.9. The predicted molar refractivity (Wildman–Crippen MR) is 78.2 cm³/mol. The van der Waals surface area contributed by atoms with Gasteiger partial charge in [0.05, 0.1) is 11.0 Å². The van der Waals surface area contributed by atoms with Gasteiger partial charge in [0.2, 0.25) is 0 Å². The zero-order valence-electron chi connectivity index (χ0n) is 10.2. The summed E-state index contributed by atoms with van der Waals surface area (Å²) in [5.74, 6) is 0. The molecule has 0 fully saturated rings. The minimum absolute atomic E-state index is 0.0725. The molecule has 1 aromatic heterocycles. The molecule has 0 bridgehead atoms. The first kappa shape index (κ1) is 14.1. The lowest BCUT2D eigenvalue weighted by Crippen LogP contribution is -2.18. The quantitative estimate of drug-likeness (QED) is 0.665. The lowest BCUT2D eigenvalue weighted by atomic mass is 10.1. The Balaban J connectivity index is 2.09. The highest BCUT2D eigenvalue weighted by Gasteiger charge is 2.15. The summed E-state index contributed by atoms with van der Waals surface area (Å²) < 4.78 is 0.705. The van der Waals surface area contributed by atoms with Crippen LogP contribution in [0.1, 0.15) is 23.5 Å². The van der Waals surface area contributed by atoms with Gasteiger partial charge in [-0.25, -0.2) is 4.98 Å². The van der Waals surface area contributed by atoms with E-state index in [0.29, 0.717) is 16.6 Å². The van der Waals surface area contributed by atoms with E-state index in [0.717, 1.165) is 5.01 Å². The Morgan fingerprint density at radius 2 is 2.37 bits per heavy atom. The molecule has 0 saturated heterocycles. The molecule has 0 aliphatic carbocycles. The highest BCUT2D eigenvalue weighted by Crippen LogP contribution is 2.24. The van der Waals surface area contributed by atoms with Gasteiger partial charge in [-0.1, -0.05) is 15.9 Å². The number of rotatable bonds is 5. The van der Waals surface area contributed by atoms with E-state index >= 15 is 0 Å². The van der Waals surface area contributed by atoms with Gasteiger partial charge < -0.3 is 5.32 Å². The molecule has 7 heteroatoms. The Kier molecular flexibility index (Phi) is 4.62. The van der Waals surface area contributed by atoms with Gasteiger partial charge in [-0.2, -0.15) is 0 Å². The fourth-order valence-corrected chi connectivity index (χ4v) is 2.67. The predicted octanol–water partition coefficient (Wildman–Crippen LogP) is 3.66. The standard InChI is InChI=1S/C12H12BrN3O2S/c1-8(12-14-4-5-19-12)15-7-9-2-3-10(13)6-11(9)16(17)18/h2-6,8,15H,7H2,1H3. The molecule has 1 unspecified atom stereocenters. The van der Waals surface area contributed by atoms with Crippen LogP contribution in [0.15, 0.2) is 34.2 Å². The number of hydrogen-bond donors (Lipinski definition) is 1. The summed E-state index contributed by atoms with van der Waals surface area (Å²) in [5, 5.41) is 17.1. The summed E-state index contributed by atoms with van der Waals surface area (Å²) in [6.07, 6.45) is 1.75. The normalized spacial score (nSPS) is 12.3. The van der Waals surface area contributed by atoms with Crippen molar-refractivity contribution in [2.24, 2.45) is 0 Å². The molecule has 0 radical (unpaired) electrons. The molecule has 0 saturated carbocycles. The molecular formula is C12H12BrN3O2S. The number of nitrogens with one attached hydrogen (secondary N) is 1. The molecular weight excluding hydrogens is 330 g/mol. The summed E-state index contributed by atoms with van der Waals surface area (Å²) in [6.45, 7) is 2.42. The minimum Gasteiger partial charge on any atom is -0.304 e. The fraction of sp³-hybridized carbons (Fsp3) is 0.250. The van der Waals surface area contributed by atoms with Crippen molar-refractivity contribution in [3.8, 4) is 0 Å². The van der Waals surface area contributed by atoms with Crippen molar-refractivity contribution in [3.63, 3.8) is 0 Å². The van der Waals surface area contributed by atoms with Crippen molar-refractivity contribution in [2.75, 3.05) is 0 Å². The van der Waals surface area contributed by atoms with E-state index in [4.69, 9.17) is 0 Å². The summed E-state index contributed by atoms with van der Waals surface area (Å²) in [7, 11) is 0. The lowest BCUT2D eigenvalue weighted by molar-refractivity contribution is -0.385. The van der Waals surface area contributed by atoms with Crippen molar-refractivity contribution in [1.29, 1.82) is 0 Å². The molecule has 0 amide bonds. The summed E-state index contributed by atoms with van der Waals surface area (Å²) in [6, 6.07) is 5.15. The Hall–Kier alpha value is -1.31. The molecule has 100 valence electrons. The maximum atomic E-state index is 11.0. The van der Waals surface area contributed by atoms with Crippen molar-refractivity contribution >= 4 is 33.0 Å². The van der Waals surface area contributed by atoms with E-state index in [2.05, 4.69) is 26.2 Å². The number of nitro benzene ring substituents is 1. The van der Waals surface area contributed by atoms with Crippen LogP contribution in [0, 0.1) is 10.1 Å². The number of thiazole rings is 1. The molecule has 1 atom stereocenters. The largest absolute Gasteiger partial charge is 0.304 e. The monoisotopic (exact) mass is 341 g/mol. The smallest absolute Gasteiger partial charge is 0.275 e. The van der Waals surface area contributed by atoms with Gasteiger partial charge in [-0.3, -0.25) is 10.1 Å². The molecule has 1 N–H and O–H groups in total. The molecule has 1 heterocycles. The third-order valence-electron chi connectivity index (χ3n) is 2.66. The first-order valence-corrected chi connectivity index (χ1v) is 7.31. The van der Waals surface area contributed by atoms with E-state index in [1.165, 1.54) is 6.07 Å². The van der Waals surface area contributed by atoms with E-state index in [9.17, 15) is 10.1 Å². The Labute approximate surface area is 123 Å². The number of halogens is 1. The van der Waals surface area contributed by atoms with Gasteiger partial charge in [0, 0.05) is 34.2 Å². The highest BCUT2D eigenvalue weighted by molar-refractivity contribution is 9.10. The first-order valence-electron chi connectivity index (χ1n) is 5.63. The molecule has 0 spiro atoms. The van der Waals surface area contributed by atoms with E-state index < -0.39 is 0 Å². The summed E-state index contributed by atoms with van der Waals surface area (Å²) in [4.78, 5) is 14.8. The van der Waals surface area contributed by atoms with Crippen LogP contribution in [0.4, 0.5) is 5.69 Å². The molecule has 2 rings (SSSR count). The van der Waals surface area contributed by atoms with Gasteiger partial charge in [0.1, 0.15) is 5.01 Å². The van der Waals surface area contributed by atoms with Gasteiger partial charge in [0.25, 0.3) is 5.69 Å². The average Bonchev–Trinajstić information content (AvgIpc) is 2.90. The van der Waals surface area contributed by atoms with E-state index in [1.807, 2.05) is 12.3 Å². The van der Waals surface area contributed by atoms with E-state index in [-0.39, 0.29) is 16.7 Å². The van der Waals surface area contributed by atoms with Crippen molar-refractivity contribution in [3.05, 3.63) is 54.9 Å². The topological polar surface area (TPSA) is 68.1 Å². The lowest BCUT2D eigenvalue weighted by Gasteiger charge is -2.11. The van der Waals surface area contributed by atoms with Gasteiger partial charge in [-0.05, 0) is 19.1 Å². The Morgan fingerprint density at radius 3 is 3.00 bits per heavy atom. The van der Waals surface area contributed by atoms with Crippen LogP contribution >= 0.6 is 27.3 Å². The van der Waals surface area contributed by atoms with Crippen LogP contribution in [0.5, 0.6) is 0 Å². The van der Waals surface area contributed by atoms with Gasteiger partial charge >= 0.3 is 0 Å². The molecule has 2 aromatic rings. The van der Waals surface area contributed by atoms with Crippen LogP contribution in [-0.2, 0) is 6.54 Å². The second kappa shape index (κ2) is 6.23. The van der Waals surface area contributed by atoms with Crippen LogP contribution < -0.4 is 5.32 Å². The van der Waals surface area contributed by atoms with Gasteiger partial charge in [-0.15, -0.1) is 11.3 Å². The molecule has 0 aliphatic rings. The van der Waals surface area contributed by atoms with Crippen LogP contribution in [0.25, 0.3) is 0 Å². The maximum Gasteiger partial charge on any atom is 0.275 e. The molecule has 5 nitrogen and oxygen atoms in total. The number of nitro groups is 1. The van der Waals surface area contributed by atoms with Crippen LogP contribution in [-0.4, -0.2) is 9.91 Å². The third-order valence-corrected chi connectivity index (χ3v) is 4.12. The maximum absolute atomic E-state index is 11.0. The minimum atomic E-state index is -0.365. The third kappa shape index (κ3) is 3.59. The zero-order valence-corrected chi connectivity index (χ0v) is 12.6. The summed E-state index contributed by atoms with van der Waals surface area (Å²) >= 11 is 4.81. The summed E-state index contributed by atoms with van der Waals surface area (Å²) in [5.41, 5.74) is 0.782. The number of hydrogen-bond acceptors (Lipinski definition) is 5. The van der Waals surface area contributed by atoms with Crippen molar-refractivity contribution < 1.29 is 4.92 Å². The Morgan fingerprint density at radius 1 is 1.58 bits per heavy atom. The Bertz CT molecular complexity index is 574. The first-order chi connectivity index (χ1) is 9.08. The number of nitrogens with zero attached hydrogens (tertiary/aromatic N) is 2. The average molecular weight is 342 g/mol. The molecule has 19 heavy (non-hydrogen) atoms. The van der Waals surface area contributed by atoms with Crippen molar-refractivity contribution in [1.82, 2.24) is 10.3 Å². The van der Waals surface area contributed by atoms with E-state index in [1.54, 1.807) is 29.7 Å². The second-order valence-corrected chi connectivity index (χ2v) is 5.84. The SMILES string of the molecule is CC(NCc1ccc(Br)cc1[N+](=O)[O-])c1nccs1. The zero-order chi connectivity index (χ0) is 13.8. The molecule has 0 aliphatic heterocycles.